The van der Waals surface area contributed by atoms with Crippen molar-refractivity contribution in [2.75, 3.05) is 25.1 Å². The van der Waals surface area contributed by atoms with Crippen LogP contribution < -0.4 is 9.64 Å². The number of aromatic amines is 1. The van der Waals surface area contributed by atoms with Gasteiger partial charge in [-0.2, -0.15) is 0 Å². The van der Waals surface area contributed by atoms with Crippen LogP contribution in [0.2, 0.25) is 0 Å². The summed E-state index contributed by atoms with van der Waals surface area (Å²) in [6.07, 6.45) is 4.64. The van der Waals surface area contributed by atoms with Gasteiger partial charge in [0.2, 0.25) is 11.8 Å². The van der Waals surface area contributed by atoms with E-state index in [2.05, 4.69) is 30.9 Å². The number of amides is 1. The van der Waals surface area contributed by atoms with Crippen LogP contribution in [0.5, 0.6) is 5.88 Å². The lowest BCUT2D eigenvalue weighted by Gasteiger charge is -2.41. The first-order chi connectivity index (χ1) is 15.1. The molecule has 3 aromatic rings. The van der Waals surface area contributed by atoms with E-state index in [0.29, 0.717) is 25.4 Å². The molecule has 0 aromatic carbocycles. The van der Waals surface area contributed by atoms with Crippen molar-refractivity contribution in [3.8, 4) is 17.1 Å². The molecule has 0 spiro atoms. The van der Waals surface area contributed by atoms with Gasteiger partial charge in [0.25, 0.3) is 0 Å². The van der Waals surface area contributed by atoms with Crippen molar-refractivity contribution in [3.05, 3.63) is 30.7 Å². The average Bonchev–Trinajstić information content (AvgIpc) is 3.25. The minimum Gasteiger partial charge on any atom is -0.481 e. The molecule has 8 nitrogen and oxygen atoms in total. The van der Waals surface area contributed by atoms with Crippen molar-refractivity contribution in [1.29, 1.82) is 0 Å². The highest BCUT2D eigenvalue weighted by Gasteiger charge is 2.51. The van der Waals surface area contributed by atoms with Crippen LogP contribution >= 0.6 is 0 Å². The quantitative estimate of drug-likeness (QED) is 0.695. The number of anilines is 1. The van der Waals surface area contributed by atoms with Crippen LogP contribution in [0.25, 0.3) is 22.3 Å². The van der Waals surface area contributed by atoms with Gasteiger partial charge in [-0.3, -0.25) is 4.79 Å². The van der Waals surface area contributed by atoms with Crippen LogP contribution in [0.4, 0.5) is 10.2 Å². The van der Waals surface area contributed by atoms with Gasteiger partial charge in [0, 0.05) is 48.7 Å². The molecule has 9 heteroatoms. The fourth-order valence-electron chi connectivity index (χ4n) is 5.07. The van der Waals surface area contributed by atoms with E-state index < -0.39 is 12.1 Å². The Bertz CT molecular complexity index is 1150. The Balaban J connectivity index is 1.30. The summed E-state index contributed by atoms with van der Waals surface area (Å²) in [6.45, 7) is 1.42. The first-order valence-corrected chi connectivity index (χ1v) is 10.7. The molecule has 1 saturated carbocycles. The molecule has 160 valence electrons. The smallest absolute Gasteiger partial charge is 0.229 e. The number of ether oxygens (including phenoxy) is 1. The minimum atomic E-state index is -0.948. The maximum Gasteiger partial charge on any atom is 0.229 e. The Morgan fingerprint density at radius 3 is 2.68 bits per heavy atom. The third-order valence-corrected chi connectivity index (χ3v) is 6.73. The number of halogens is 1. The van der Waals surface area contributed by atoms with Crippen LogP contribution in [0.15, 0.2) is 30.7 Å². The van der Waals surface area contributed by atoms with E-state index in [0.717, 1.165) is 41.0 Å². The second kappa shape index (κ2) is 6.90. The summed E-state index contributed by atoms with van der Waals surface area (Å²) in [5.74, 6) is 1.01. The van der Waals surface area contributed by atoms with Crippen LogP contribution in [0.1, 0.15) is 19.3 Å². The average molecular weight is 422 g/mol. The van der Waals surface area contributed by atoms with Gasteiger partial charge in [-0.25, -0.2) is 19.3 Å². The van der Waals surface area contributed by atoms with Crippen LogP contribution in [0, 0.1) is 5.92 Å². The van der Waals surface area contributed by atoms with E-state index in [1.807, 2.05) is 17.0 Å². The van der Waals surface area contributed by atoms with Crippen molar-refractivity contribution in [1.82, 2.24) is 24.8 Å². The molecule has 5 heterocycles. The third kappa shape index (κ3) is 3.02. The molecule has 2 saturated heterocycles. The van der Waals surface area contributed by atoms with Gasteiger partial charge in [-0.1, -0.05) is 0 Å². The molecule has 1 N–H and O–H groups in total. The second-order valence-electron chi connectivity index (χ2n) is 8.62. The van der Waals surface area contributed by atoms with Crippen molar-refractivity contribution >= 4 is 22.8 Å². The molecule has 3 fully saturated rings. The predicted octanol–water partition coefficient (Wildman–Crippen LogP) is 2.57. The number of carbonyl (C=O) groups is 1. The maximum absolute atomic E-state index is 13.5. The fourth-order valence-corrected chi connectivity index (χ4v) is 5.07. The number of aromatic nitrogens is 4. The number of hydrogen-bond acceptors (Lipinski definition) is 6. The van der Waals surface area contributed by atoms with Crippen molar-refractivity contribution < 1.29 is 13.9 Å². The minimum absolute atomic E-state index is 0.00282. The lowest BCUT2D eigenvalue weighted by atomic mass is 10.1. The zero-order valence-corrected chi connectivity index (χ0v) is 17.2. The van der Waals surface area contributed by atoms with Crippen LogP contribution in [-0.4, -0.2) is 69.2 Å². The molecular weight excluding hydrogens is 399 g/mol. The Morgan fingerprint density at radius 1 is 1.19 bits per heavy atom. The Morgan fingerprint density at radius 2 is 1.97 bits per heavy atom. The van der Waals surface area contributed by atoms with Crippen molar-refractivity contribution in [2.24, 2.45) is 5.92 Å². The first-order valence-electron chi connectivity index (χ1n) is 10.7. The third-order valence-electron chi connectivity index (χ3n) is 6.73. The lowest BCUT2D eigenvalue weighted by molar-refractivity contribution is -0.136. The maximum atomic E-state index is 13.5. The summed E-state index contributed by atoms with van der Waals surface area (Å²) in [5.41, 5.74) is 2.63. The number of alkyl halides is 1. The SMILES string of the molecule is COc1cc(-c2cc3c(N4CC5CCC(C4)N5C(=O)C4C[C@H]4F)ncnc3[nH]2)ccn1. The molecule has 6 rings (SSSR count). The van der Waals surface area contributed by atoms with E-state index >= 15 is 0 Å². The summed E-state index contributed by atoms with van der Waals surface area (Å²) >= 11 is 0. The number of pyridine rings is 1. The molecule has 2 bridgehead atoms. The highest BCUT2D eigenvalue weighted by Crippen LogP contribution is 2.41. The number of H-pyrrole nitrogens is 1. The van der Waals surface area contributed by atoms with Gasteiger partial charge >= 0.3 is 0 Å². The number of nitrogens with zero attached hydrogens (tertiary/aromatic N) is 5. The second-order valence-corrected chi connectivity index (χ2v) is 8.62. The molecule has 2 aliphatic heterocycles. The van der Waals surface area contributed by atoms with Crippen molar-refractivity contribution in [2.45, 2.75) is 37.5 Å². The number of hydrogen-bond donors (Lipinski definition) is 1. The summed E-state index contributed by atoms with van der Waals surface area (Å²) in [4.78, 5) is 33.5. The van der Waals surface area contributed by atoms with Gasteiger partial charge < -0.3 is 19.5 Å². The summed E-state index contributed by atoms with van der Waals surface area (Å²) in [5, 5.41) is 0.943. The topological polar surface area (TPSA) is 87.2 Å². The highest BCUT2D eigenvalue weighted by molar-refractivity contribution is 5.92. The standard InChI is InChI=1S/C22H23FN6O2/c1-31-19-6-12(4-5-24-19)18-8-16-20(27-18)25-11-26-21(16)28-9-13-2-3-14(10-28)29(13)22(30)15-7-17(15)23/h4-6,8,11,13-15,17H,2-3,7,9-10H2,1H3,(H,25,26,27)/t13?,14?,15?,17-/m1/s1. The van der Waals surface area contributed by atoms with E-state index in [4.69, 9.17) is 4.74 Å². The summed E-state index contributed by atoms with van der Waals surface area (Å²) in [7, 11) is 1.59. The number of piperazine rings is 1. The molecule has 31 heavy (non-hydrogen) atoms. The van der Waals surface area contributed by atoms with E-state index in [1.165, 1.54) is 0 Å². The molecule has 3 aliphatic rings. The molecule has 1 amide bonds. The number of nitrogens with one attached hydrogen (secondary N) is 1. The lowest BCUT2D eigenvalue weighted by Crippen LogP contribution is -2.56. The Labute approximate surface area is 178 Å². The normalized spacial score (nSPS) is 27.0. The molecule has 0 radical (unpaired) electrons. The largest absolute Gasteiger partial charge is 0.481 e. The molecule has 1 aliphatic carbocycles. The van der Waals surface area contributed by atoms with Gasteiger partial charge in [0.1, 0.15) is 24.0 Å². The van der Waals surface area contributed by atoms with Gasteiger partial charge in [0.15, 0.2) is 0 Å². The summed E-state index contributed by atoms with van der Waals surface area (Å²) < 4.78 is 18.7. The number of methoxy groups -OCH3 is 1. The van der Waals surface area contributed by atoms with E-state index in [-0.39, 0.29) is 18.0 Å². The van der Waals surface area contributed by atoms with E-state index in [9.17, 15) is 9.18 Å². The Kier molecular flexibility index (Phi) is 4.12. The molecule has 4 atom stereocenters. The van der Waals surface area contributed by atoms with E-state index in [1.54, 1.807) is 19.6 Å². The van der Waals surface area contributed by atoms with Crippen molar-refractivity contribution in [3.63, 3.8) is 0 Å². The fraction of sp³-hybridized carbons (Fsp3) is 0.455. The van der Waals surface area contributed by atoms with Gasteiger partial charge in [-0.15, -0.1) is 0 Å². The molecule has 3 aromatic heterocycles. The van der Waals surface area contributed by atoms with Crippen LogP contribution in [0.3, 0.4) is 0 Å². The van der Waals surface area contributed by atoms with Crippen LogP contribution in [-0.2, 0) is 4.79 Å². The number of rotatable bonds is 4. The zero-order valence-electron chi connectivity index (χ0n) is 17.2. The van der Waals surface area contributed by atoms with Gasteiger partial charge in [0.05, 0.1) is 18.4 Å². The molecular formula is C22H23FN6O2. The van der Waals surface area contributed by atoms with Gasteiger partial charge in [-0.05, 0) is 31.4 Å². The monoisotopic (exact) mass is 422 g/mol. The summed E-state index contributed by atoms with van der Waals surface area (Å²) in [6, 6.07) is 6.08. The highest BCUT2D eigenvalue weighted by atomic mass is 19.1. The predicted molar refractivity (Wildman–Crippen MR) is 113 cm³/mol. The number of carbonyl (C=O) groups excluding carboxylic acids is 1. The Hall–Kier alpha value is -3.23. The number of fused-ring (bicyclic) bond motifs is 3. The first kappa shape index (κ1) is 18.5. The zero-order chi connectivity index (χ0) is 21.1. The molecule has 3 unspecified atom stereocenters.